The summed E-state index contributed by atoms with van der Waals surface area (Å²) in [6, 6.07) is 6.26. The zero-order valence-corrected chi connectivity index (χ0v) is 14.4. The molecule has 0 saturated carbocycles. The molecule has 1 aromatic heterocycles. The number of rotatable bonds is 4. The van der Waals surface area contributed by atoms with E-state index in [0.29, 0.717) is 25.1 Å². The largest absolute Gasteiger partial charge is 0.338 e. The van der Waals surface area contributed by atoms with Crippen LogP contribution in [0.3, 0.4) is 0 Å². The average Bonchev–Trinajstić information content (AvgIpc) is 3.00. The lowest BCUT2D eigenvalue weighted by atomic mass is 9.99. The van der Waals surface area contributed by atoms with Gasteiger partial charge >= 0.3 is 0 Å². The highest BCUT2D eigenvalue weighted by Crippen LogP contribution is 2.25. The molecule has 1 aliphatic heterocycles. The summed E-state index contributed by atoms with van der Waals surface area (Å²) in [5, 5.41) is 6.30. The monoisotopic (exact) mass is 367 g/mol. The van der Waals surface area contributed by atoms with E-state index in [-0.39, 0.29) is 23.2 Å². The highest BCUT2D eigenvalue weighted by Gasteiger charge is 2.33. The third-order valence-electron chi connectivity index (χ3n) is 4.08. The summed E-state index contributed by atoms with van der Waals surface area (Å²) in [5.74, 6) is -1.07. The lowest BCUT2D eigenvalue weighted by Crippen LogP contribution is -2.43. The number of aromatic nitrogens is 1. The molecule has 25 heavy (non-hydrogen) atoms. The first-order chi connectivity index (χ1) is 11.9. The van der Waals surface area contributed by atoms with Gasteiger partial charge in [0, 0.05) is 19.2 Å². The standard InChI is InChI=1S/C16H18FN3O4S/c1-11-9-15(24-19-11)18-16(21)12-3-2-8-20(10-12)25(22,23)14-6-4-13(17)5-7-14/h4-7,9,12H,2-3,8,10H2,1H3,(H,18,21)/t12-/m1/s1. The minimum absolute atomic E-state index is 0.0146. The molecule has 1 fully saturated rings. The van der Waals surface area contributed by atoms with Gasteiger partial charge in [0.05, 0.1) is 16.5 Å². The molecule has 0 unspecified atom stereocenters. The molecule has 2 heterocycles. The number of hydrogen-bond donors (Lipinski definition) is 1. The van der Waals surface area contributed by atoms with Crippen LogP contribution in [0.5, 0.6) is 0 Å². The van der Waals surface area contributed by atoms with Crippen molar-refractivity contribution >= 4 is 21.8 Å². The van der Waals surface area contributed by atoms with Crippen LogP contribution in [0.25, 0.3) is 0 Å². The second-order valence-electron chi connectivity index (χ2n) is 5.98. The molecule has 2 aromatic rings. The van der Waals surface area contributed by atoms with Gasteiger partial charge in [-0.3, -0.25) is 10.1 Å². The Hall–Kier alpha value is -2.26. The number of anilines is 1. The molecule has 1 saturated heterocycles. The predicted octanol–water partition coefficient (Wildman–Crippen LogP) is 2.16. The van der Waals surface area contributed by atoms with Crippen LogP contribution < -0.4 is 5.32 Å². The number of halogens is 1. The molecule has 1 atom stereocenters. The summed E-state index contributed by atoms with van der Waals surface area (Å²) < 4.78 is 44.6. The maximum absolute atomic E-state index is 13.0. The van der Waals surface area contributed by atoms with E-state index in [0.717, 1.165) is 12.1 Å². The van der Waals surface area contributed by atoms with Crippen molar-refractivity contribution in [3.8, 4) is 0 Å². The summed E-state index contributed by atoms with van der Waals surface area (Å²) in [6.07, 6.45) is 1.14. The van der Waals surface area contributed by atoms with Crippen molar-refractivity contribution in [2.24, 2.45) is 5.92 Å². The number of carbonyl (C=O) groups is 1. The Morgan fingerprint density at radius 2 is 2.08 bits per heavy atom. The van der Waals surface area contributed by atoms with Gasteiger partial charge in [-0.15, -0.1) is 0 Å². The molecule has 1 aromatic carbocycles. The van der Waals surface area contributed by atoms with Crippen LogP contribution in [0.15, 0.2) is 39.8 Å². The first kappa shape index (κ1) is 17.6. The maximum atomic E-state index is 13.0. The second kappa shape index (κ2) is 6.93. The number of benzene rings is 1. The summed E-state index contributed by atoms with van der Waals surface area (Å²) in [6.45, 7) is 2.13. The van der Waals surface area contributed by atoms with Crippen LogP contribution >= 0.6 is 0 Å². The second-order valence-corrected chi connectivity index (χ2v) is 7.92. The lowest BCUT2D eigenvalue weighted by molar-refractivity contribution is -0.121. The Balaban J connectivity index is 1.71. The molecule has 0 spiro atoms. The molecular weight excluding hydrogens is 349 g/mol. The minimum atomic E-state index is -3.76. The van der Waals surface area contributed by atoms with E-state index < -0.39 is 21.8 Å². The van der Waals surface area contributed by atoms with Crippen molar-refractivity contribution in [3.63, 3.8) is 0 Å². The van der Waals surface area contributed by atoms with Crippen molar-refractivity contribution in [1.82, 2.24) is 9.46 Å². The van der Waals surface area contributed by atoms with E-state index in [2.05, 4.69) is 10.5 Å². The zero-order chi connectivity index (χ0) is 18.0. The van der Waals surface area contributed by atoms with Gasteiger partial charge in [-0.2, -0.15) is 4.31 Å². The average molecular weight is 367 g/mol. The number of amides is 1. The van der Waals surface area contributed by atoms with Gasteiger partial charge in [-0.1, -0.05) is 5.16 Å². The maximum Gasteiger partial charge on any atom is 0.243 e. The molecule has 7 nitrogen and oxygen atoms in total. The quantitative estimate of drug-likeness (QED) is 0.894. The molecule has 0 bridgehead atoms. The smallest absolute Gasteiger partial charge is 0.243 e. The first-order valence-corrected chi connectivity index (χ1v) is 9.30. The number of nitrogens with zero attached hydrogens (tertiary/aromatic N) is 2. The van der Waals surface area contributed by atoms with E-state index in [1.165, 1.54) is 16.4 Å². The van der Waals surface area contributed by atoms with Gasteiger partial charge in [-0.25, -0.2) is 12.8 Å². The van der Waals surface area contributed by atoms with Crippen molar-refractivity contribution in [2.45, 2.75) is 24.7 Å². The molecule has 1 amide bonds. The molecule has 9 heteroatoms. The SMILES string of the molecule is Cc1cc(NC(=O)[C@@H]2CCCN(S(=O)(=O)c3ccc(F)cc3)C2)on1. The highest BCUT2D eigenvalue weighted by molar-refractivity contribution is 7.89. The van der Waals surface area contributed by atoms with E-state index in [1.54, 1.807) is 13.0 Å². The Bertz CT molecular complexity index is 864. The summed E-state index contributed by atoms with van der Waals surface area (Å²) >= 11 is 0. The fourth-order valence-corrected chi connectivity index (χ4v) is 4.30. The van der Waals surface area contributed by atoms with E-state index in [9.17, 15) is 17.6 Å². The number of sulfonamides is 1. The fraction of sp³-hybridized carbons (Fsp3) is 0.375. The van der Waals surface area contributed by atoms with Crippen molar-refractivity contribution in [1.29, 1.82) is 0 Å². The molecule has 0 aliphatic carbocycles. The Labute approximate surface area is 144 Å². The number of hydrogen-bond acceptors (Lipinski definition) is 5. The zero-order valence-electron chi connectivity index (χ0n) is 13.6. The summed E-state index contributed by atoms with van der Waals surface area (Å²) in [7, 11) is -3.76. The number of aryl methyl sites for hydroxylation is 1. The van der Waals surface area contributed by atoms with Crippen LogP contribution in [-0.4, -0.2) is 36.9 Å². The van der Waals surface area contributed by atoms with E-state index in [1.807, 2.05) is 0 Å². The number of carbonyl (C=O) groups excluding carboxylic acids is 1. The molecule has 0 radical (unpaired) electrons. The van der Waals surface area contributed by atoms with Crippen LogP contribution in [-0.2, 0) is 14.8 Å². The Kier molecular flexibility index (Phi) is 4.87. The third kappa shape index (κ3) is 3.88. The van der Waals surface area contributed by atoms with Gasteiger partial charge in [-0.05, 0) is 44.0 Å². The van der Waals surface area contributed by atoms with Crippen LogP contribution in [0.4, 0.5) is 10.3 Å². The highest BCUT2D eigenvalue weighted by atomic mass is 32.2. The summed E-state index contributed by atoms with van der Waals surface area (Å²) in [4.78, 5) is 12.4. The molecule has 134 valence electrons. The predicted molar refractivity (Wildman–Crippen MR) is 87.8 cm³/mol. The van der Waals surface area contributed by atoms with Gasteiger partial charge in [0.2, 0.25) is 21.8 Å². The van der Waals surface area contributed by atoms with E-state index in [4.69, 9.17) is 4.52 Å². The Morgan fingerprint density at radius 3 is 2.72 bits per heavy atom. The molecule has 3 rings (SSSR count). The summed E-state index contributed by atoms with van der Waals surface area (Å²) in [5.41, 5.74) is 0.638. The number of piperidine rings is 1. The third-order valence-corrected chi connectivity index (χ3v) is 5.96. The number of nitrogens with one attached hydrogen (secondary N) is 1. The van der Waals surface area contributed by atoms with Gasteiger partial charge in [0.15, 0.2) is 0 Å². The first-order valence-electron chi connectivity index (χ1n) is 7.86. The van der Waals surface area contributed by atoms with Crippen LogP contribution in [0, 0.1) is 18.7 Å². The minimum Gasteiger partial charge on any atom is -0.338 e. The fourth-order valence-electron chi connectivity index (χ4n) is 2.78. The molecule has 1 aliphatic rings. The van der Waals surface area contributed by atoms with E-state index >= 15 is 0 Å². The van der Waals surface area contributed by atoms with Gasteiger partial charge in [0.1, 0.15) is 5.82 Å². The topological polar surface area (TPSA) is 92.5 Å². The molecular formula is C16H18FN3O4S. The van der Waals surface area contributed by atoms with Crippen LogP contribution in [0.2, 0.25) is 0 Å². The lowest BCUT2D eigenvalue weighted by Gasteiger charge is -2.31. The van der Waals surface area contributed by atoms with Gasteiger partial charge < -0.3 is 4.52 Å². The van der Waals surface area contributed by atoms with Crippen molar-refractivity contribution in [2.75, 3.05) is 18.4 Å². The van der Waals surface area contributed by atoms with Crippen LogP contribution in [0.1, 0.15) is 18.5 Å². The Morgan fingerprint density at radius 1 is 1.36 bits per heavy atom. The molecule has 1 N–H and O–H groups in total. The van der Waals surface area contributed by atoms with Crippen molar-refractivity contribution in [3.05, 3.63) is 41.8 Å². The van der Waals surface area contributed by atoms with Crippen molar-refractivity contribution < 1.29 is 22.1 Å². The normalized spacial score (nSPS) is 18.9. The van der Waals surface area contributed by atoms with Gasteiger partial charge in [0.25, 0.3) is 0 Å².